The average molecular weight is 715 g/mol. The molecule has 2 rings (SSSR count). The third-order valence-electron chi connectivity index (χ3n) is 9.35. The third-order valence-corrected chi connectivity index (χ3v) is 9.35. The van der Waals surface area contributed by atoms with Crippen LogP contribution in [0.3, 0.4) is 0 Å². The van der Waals surface area contributed by atoms with E-state index in [0.29, 0.717) is 19.3 Å². The van der Waals surface area contributed by atoms with Crippen LogP contribution in [0.15, 0.2) is 30.3 Å². The lowest BCUT2D eigenvalue weighted by molar-refractivity contribution is -0.144. The second-order valence-electron chi connectivity index (χ2n) is 13.6. The molecule has 4 N–H and O–H groups in total. The fourth-order valence-electron chi connectivity index (χ4n) is 6.36. The molecular formula is C39H53F3N4O5. The molecule has 3 amide bonds. The number of unbranched alkanes of at least 4 members (excludes halogenated alkanes) is 1. The van der Waals surface area contributed by atoms with Crippen LogP contribution in [-0.2, 0) is 20.8 Å². The van der Waals surface area contributed by atoms with Crippen LogP contribution < -0.4 is 10.6 Å². The molecule has 280 valence electrons. The van der Waals surface area contributed by atoms with Crippen LogP contribution in [-0.4, -0.2) is 102 Å². The summed E-state index contributed by atoms with van der Waals surface area (Å²) in [5.41, 5.74) is 0.735. The number of halogens is 3. The van der Waals surface area contributed by atoms with E-state index in [1.54, 1.807) is 30.3 Å². The van der Waals surface area contributed by atoms with Gasteiger partial charge in [-0.2, -0.15) is 13.2 Å². The van der Waals surface area contributed by atoms with Crippen LogP contribution in [0.1, 0.15) is 69.8 Å². The molecule has 1 aromatic carbocycles. The zero-order valence-electron chi connectivity index (χ0n) is 29.7. The standard InChI is InChI=1S/C39H53F3N4O5/c1-6-9-12-21-33(47)36(49)32(25-29-19-15-11-16-20-29)43-38(51)35(30(7-2)8-3)44-37(50)31(24-28-17-13-10-14-18-28)26-34(48)46(5)23-22-45(4)27-39(40,41)42/h1-3,10,13-14,17-18,29-33,35-36,47,49H,9,11-12,15-16,19-27H2,4-5H3,(H,43,51)(H,44,50)/t31?,32?,33?,35-,36+/m0/s1. The Morgan fingerprint density at radius 1 is 0.961 bits per heavy atom. The molecule has 0 saturated heterocycles. The Morgan fingerprint density at radius 2 is 1.61 bits per heavy atom. The van der Waals surface area contributed by atoms with E-state index in [2.05, 4.69) is 28.4 Å². The van der Waals surface area contributed by atoms with Crippen molar-refractivity contribution in [3.63, 3.8) is 0 Å². The highest BCUT2D eigenvalue weighted by Crippen LogP contribution is 2.29. The summed E-state index contributed by atoms with van der Waals surface area (Å²) >= 11 is 0. The molecule has 12 heteroatoms. The van der Waals surface area contributed by atoms with E-state index >= 15 is 0 Å². The number of likely N-dealkylation sites (N-methyl/N-ethyl adjacent to an activating group) is 2. The van der Waals surface area contributed by atoms with Crippen molar-refractivity contribution < 1.29 is 37.8 Å². The first-order valence-electron chi connectivity index (χ1n) is 17.5. The summed E-state index contributed by atoms with van der Waals surface area (Å²) in [5, 5.41) is 27.5. The van der Waals surface area contributed by atoms with Gasteiger partial charge in [-0.1, -0.05) is 74.3 Å². The third kappa shape index (κ3) is 15.8. The lowest BCUT2D eigenvalue weighted by Gasteiger charge is -2.34. The van der Waals surface area contributed by atoms with E-state index < -0.39 is 66.6 Å². The van der Waals surface area contributed by atoms with Crippen LogP contribution in [0, 0.1) is 54.8 Å². The summed E-state index contributed by atoms with van der Waals surface area (Å²) < 4.78 is 38.4. The molecule has 1 aliphatic carbocycles. The predicted molar refractivity (Wildman–Crippen MR) is 190 cm³/mol. The molecule has 0 heterocycles. The van der Waals surface area contributed by atoms with Gasteiger partial charge in [-0.25, -0.2) is 0 Å². The van der Waals surface area contributed by atoms with Gasteiger partial charge in [0, 0.05) is 33.0 Å². The number of aliphatic hydroxyl groups excluding tert-OH is 2. The smallest absolute Gasteiger partial charge is 0.390 e. The lowest BCUT2D eigenvalue weighted by Crippen LogP contribution is -2.57. The summed E-state index contributed by atoms with van der Waals surface area (Å²) in [4.78, 5) is 43.5. The molecule has 0 aliphatic heterocycles. The number of hydrogen-bond donors (Lipinski definition) is 4. The van der Waals surface area contributed by atoms with Gasteiger partial charge in [-0.05, 0) is 44.2 Å². The number of hydrogen-bond acceptors (Lipinski definition) is 6. The van der Waals surface area contributed by atoms with Gasteiger partial charge in [0.2, 0.25) is 17.7 Å². The molecule has 0 radical (unpaired) electrons. The van der Waals surface area contributed by atoms with E-state index in [1.807, 2.05) is 0 Å². The van der Waals surface area contributed by atoms with Crippen molar-refractivity contribution in [1.29, 1.82) is 0 Å². The van der Waals surface area contributed by atoms with E-state index in [9.17, 15) is 37.8 Å². The van der Waals surface area contributed by atoms with Crippen molar-refractivity contribution in [2.75, 3.05) is 33.7 Å². The molecule has 1 saturated carbocycles. The second kappa shape index (κ2) is 22.0. The van der Waals surface area contributed by atoms with Crippen molar-refractivity contribution in [1.82, 2.24) is 20.4 Å². The van der Waals surface area contributed by atoms with E-state index in [4.69, 9.17) is 19.3 Å². The highest BCUT2D eigenvalue weighted by Gasteiger charge is 2.36. The minimum absolute atomic E-state index is 0.00826. The maximum absolute atomic E-state index is 13.9. The van der Waals surface area contributed by atoms with Crippen LogP contribution >= 0.6 is 0 Å². The van der Waals surface area contributed by atoms with Gasteiger partial charge < -0.3 is 25.7 Å². The van der Waals surface area contributed by atoms with E-state index in [0.717, 1.165) is 42.6 Å². The zero-order valence-corrected chi connectivity index (χ0v) is 29.7. The summed E-state index contributed by atoms with van der Waals surface area (Å²) in [5.74, 6) is 3.35. The minimum Gasteiger partial charge on any atom is -0.390 e. The number of terminal acetylenes is 3. The van der Waals surface area contributed by atoms with Gasteiger partial charge >= 0.3 is 6.18 Å². The maximum atomic E-state index is 13.9. The van der Waals surface area contributed by atoms with Crippen LogP contribution in [0.25, 0.3) is 0 Å². The van der Waals surface area contributed by atoms with Crippen molar-refractivity contribution in [2.24, 2.45) is 17.8 Å². The number of carbonyl (C=O) groups is 3. The fraction of sp³-hybridized carbons (Fsp3) is 0.615. The first-order chi connectivity index (χ1) is 24.2. The normalized spacial score (nSPS) is 16.5. The number of nitrogens with one attached hydrogen (secondary N) is 2. The molecule has 0 spiro atoms. The summed E-state index contributed by atoms with van der Waals surface area (Å²) in [6.45, 7) is -1.18. The number of nitrogens with zero attached hydrogens (tertiary/aromatic N) is 2. The summed E-state index contributed by atoms with van der Waals surface area (Å²) in [6, 6.07) is 6.60. The van der Waals surface area contributed by atoms with Gasteiger partial charge in [-0.3, -0.25) is 19.3 Å². The van der Waals surface area contributed by atoms with Crippen molar-refractivity contribution >= 4 is 17.7 Å². The Morgan fingerprint density at radius 3 is 2.20 bits per heavy atom. The molecule has 9 nitrogen and oxygen atoms in total. The highest BCUT2D eigenvalue weighted by molar-refractivity contribution is 5.91. The van der Waals surface area contributed by atoms with Crippen molar-refractivity contribution in [3.8, 4) is 37.0 Å². The van der Waals surface area contributed by atoms with Crippen LogP contribution in [0.2, 0.25) is 0 Å². The van der Waals surface area contributed by atoms with E-state index in [1.165, 1.54) is 19.0 Å². The largest absolute Gasteiger partial charge is 0.401 e. The second-order valence-corrected chi connectivity index (χ2v) is 13.6. The van der Waals surface area contributed by atoms with E-state index in [-0.39, 0.29) is 38.3 Å². The van der Waals surface area contributed by atoms with Crippen molar-refractivity contribution in [2.45, 2.75) is 101 Å². The number of amides is 3. The molecular weight excluding hydrogens is 661 g/mol. The number of alkyl halides is 3. The molecule has 0 bridgehead atoms. The number of carbonyl (C=O) groups excluding carboxylic acids is 3. The molecule has 3 unspecified atom stereocenters. The number of benzene rings is 1. The fourth-order valence-corrected chi connectivity index (χ4v) is 6.36. The molecule has 51 heavy (non-hydrogen) atoms. The van der Waals surface area contributed by atoms with Gasteiger partial charge in [0.1, 0.15) is 12.0 Å². The Bertz CT molecular complexity index is 1350. The number of aliphatic hydroxyl groups is 2. The highest BCUT2D eigenvalue weighted by atomic mass is 19.4. The maximum Gasteiger partial charge on any atom is 0.401 e. The first kappa shape index (κ1) is 43.1. The SMILES string of the molecule is C#CCCCC(O)[C@H](O)C(CC1CCCCC1)NC(=O)[C@@H](NC(=O)C(CC(=O)N(C)CCN(C)CC(F)(F)F)Cc1ccccc1)C(C#C)C#C. The zero-order chi connectivity index (χ0) is 38.0. The quantitative estimate of drug-likeness (QED) is 0.121. The first-order valence-corrected chi connectivity index (χ1v) is 17.5. The Balaban J connectivity index is 2.30. The predicted octanol–water partition coefficient (Wildman–Crippen LogP) is 3.54. The Labute approximate surface area is 301 Å². The molecule has 5 atom stereocenters. The topological polar surface area (TPSA) is 122 Å². The van der Waals surface area contributed by atoms with Gasteiger partial charge in [0.25, 0.3) is 0 Å². The average Bonchev–Trinajstić information content (AvgIpc) is 3.09. The summed E-state index contributed by atoms with van der Waals surface area (Å²) in [6.07, 6.45) is 16.1. The van der Waals surface area contributed by atoms with Crippen LogP contribution in [0.4, 0.5) is 13.2 Å². The van der Waals surface area contributed by atoms with Crippen molar-refractivity contribution in [3.05, 3.63) is 35.9 Å². The lowest BCUT2D eigenvalue weighted by atomic mass is 9.82. The molecule has 1 aliphatic rings. The number of rotatable bonds is 20. The molecule has 1 fully saturated rings. The van der Waals surface area contributed by atoms with Gasteiger partial charge in [0.05, 0.1) is 30.7 Å². The Hall–Kier alpha value is -4.02. The minimum atomic E-state index is -4.39. The molecule has 0 aromatic heterocycles. The summed E-state index contributed by atoms with van der Waals surface area (Å²) in [7, 11) is 2.75. The van der Waals surface area contributed by atoms with Gasteiger partial charge in [0.15, 0.2) is 0 Å². The Kier molecular flexibility index (Phi) is 18.6. The monoisotopic (exact) mass is 714 g/mol. The van der Waals surface area contributed by atoms with Crippen LogP contribution in [0.5, 0.6) is 0 Å². The van der Waals surface area contributed by atoms with Gasteiger partial charge in [-0.15, -0.1) is 25.2 Å². The molecule has 1 aromatic rings.